The van der Waals surface area contributed by atoms with Gasteiger partial charge in [0, 0.05) is 18.7 Å². The lowest BCUT2D eigenvalue weighted by Gasteiger charge is -2.15. The number of nitro groups is 1. The van der Waals surface area contributed by atoms with Crippen molar-refractivity contribution in [3.05, 3.63) is 39.9 Å². The summed E-state index contributed by atoms with van der Waals surface area (Å²) in [6.07, 6.45) is -0.896. The highest BCUT2D eigenvalue weighted by atomic mass is 16.6. The minimum Gasteiger partial charge on any atom is -0.387 e. The van der Waals surface area contributed by atoms with Crippen LogP contribution in [0.1, 0.15) is 25.0 Å². The minimum atomic E-state index is -0.794. The Labute approximate surface area is 99.0 Å². The van der Waals surface area contributed by atoms with Gasteiger partial charge < -0.3 is 10.2 Å². The predicted octanol–water partition coefficient (Wildman–Crippen LogP) is 0.946. The largest absolute Gasteiger partial charge is 0.387 e. The van der Waals surface area contributed by atoms with Crippen LogP contribution in [0.25, 0.3) is 0 Å². The lowest BCUT2D eigenvalue weighted by molar-refractivity contribution is -0.384. The van der Waals surface area contributed by atoms with Crippen molar-refractivity contribution in [1.29, 1.82) is 0 Å². The molecule has 94 valence electrons. The Morgan fingerprint density at radius 3 is 2.41 bits per heavy atom. The van der Waals surface area contributed by atoms with Crippen LogP contribution in [-0.4, -0.2) is 27.9 Å². The van der Waals surface area contributed by atoms with Crippen LogP contribution >= 0.6 is 0 Å². The highest BCUT2D eigenvalue weighted by molar-refractivity contribution is 5.33. The quantitative estimate of drug-likeness (QED) is 0.391. The highest BCUT2D eigenvalue weighted by Gasteiger charge is 2.11. The monoisotopic (exact) mass is 240 g/mol. The molecule has 0 aliphatic carbocycles. The summed E-state index contributed by atoms with van der Waals surface area (Å²) in [4.78, 5) is 9.94. The average molecular weight is 240 g/mol. The van der Waals surface area contributed by atoms with Crippen molar-refractivity contribution in [2.45, 2.75) is 25.7 Å². The zero-order valence-corrected chi connectivity index (χ0v) is 9.54. The first-order chi connectivity index (χ1) is 8.04. The van der Waals surface area contributed by atoms with E-state index < -0.39 is 17.3 Å². The summed E-state index contributed by atoms with van der Waals surface area (Å²) in [5, 5.41) is 32.2. The maximum atomic E-state index is 10.4. The van der Waals surface area contributed by atoms with Crippen molar-refractivity contribution in [3.63, 3.8) is 0 Å². The third kappa shape index (κ3) is 4.10. The first kappa shape index (κ1) is 13.6. The van der Waals surface area contributed by atoms with Crippen molar-refractivity contribution in [1.82, 2.24) is 5.32 Å². The maximum absolute atomic E-state index is 10.4. The molecule has 1 aromatic carbocycles. The van der Waals surface area contributed by atoms with Gasteiger partial charge >= 0.3 is 0 Å². The van der Waals surface area contributed by atoms with E-state index in [-0.39, 0.29) is 12.2 Å². The molecule has 0 saturated heterocycles. The van der Waals surface area contributed by atoms with Gasteiger partial charge in [0.15, 0.2) is 0 Å². The standard InChI is InChI=1S/C11H16N2O4/c1-2-11(15)12-7-10(14)8-3-5-9(6-4-8)13(16)17/h3-6,10-12,14-15H,2,7H2,1H3. The lowest BCUT2D eigenvalue weighted by Crippen LogP contribution is -2.31. The summed E-state index contributed by atoms with van der Waals surface area (Å²) in [7, 11) is 0. The van der Waals surface area contributed by atoms with E-state index in [1.54, 1.807) is 0 Å². The van der Waals surface area contributed by atoms with E-state index in [4.69, 9.17) is 0 Å². The van der Waals surface area contributed by atoms with Gasteiger partial charge in [-0.1, -0.05) is 6.92 Å². The molecule has 6 heteroatoms. The number of non-ortho nitro benzene ring substituents is 1. The van der Waals surface area contributed by atoms with E-state index in [1.807, 2.05) is 6.92 Å². The molecule has 0 aromatic heterocycles. The molecule has 0 fully saturated rings. The summed E-state index contributed by atoms with van der Waals surface area (Å²) in [6.45, 7) is 2.02. The second-order valence-electron chi connectivity index (χ2n) is 3.70. The van der Waals surface area contributed by atoms with E-state index >= 15 is 0 Å². The number of nitrogens with zero attached hydrogens (tertiary/aromatic N) is 1. The normalized spacial score (nSPS) is 14.3. The Kier molecular flexibility index (Phi) is 5.02. The molecule has 0 aliphatic heterocycles. The molecule has 0 heterocycles. The van der Waals surface area contributed by atoms with Crippen molar-refractivity contribution < 1.29 is 15.1 Å². The molecular weight excluding hydrogens is 224 g/mol. The van der Waals surface area contributed by atoms with Crippen LogP contribution in [0.5, 0.6) is 0 Å². The Hall–Kier alpha value is -1.50. The lowest BCUT2D eigenvalue weighted by atomic mass is 10.1. The fraction of sp³-hybridized carbons (Fsp3) is 0.455. The number of nitrogens with one attached hydrogen (secondary N) is 1. The van der Waals surface area contributed by atoms with Gasteiger partial charge in [0.25, 0.3) is 5.69 Å². The van der Waals surface area contributed by atoms with Gasteiger partial charge in [-0.05, 0) is 24.1 Å². The molecule has 0 spiro atoms. The Morgan fingerprint density at radius 2 is 1.94 bits per heavy atom. The summed E-state index contributed by atoms with van der Waals surface area (Å²) in [6, 6.07) is 5.69. The Bertz CT molecular complexity index is 366. The Balaban J connectivity index is 2.57. The van der Waals surface area contributed by atoms with Gasteiger partial charge in [-0.25, -0.2) is 0 Å². The van der Waals surface area contributed by atoms with Crippen LogP contribution < -0.4 is 5.32 Å². The molecule has 0 radical (unpaired) electrons. The molecule has 2 unspecified atom stereocenters. The maximum Gasteiger partial charge on any atom is 0.269 e. The smallest absolute Gasteiger partial charge is 0.269 e. The van der Waals surface area contributed by atoms with E-state index in [2.05, 4.69) is 5.32 Å². The number of nitro benzene ring substituents is 1. The molecule has 1 rings (SSSR count). The predicted molar refractivity (Wildman–Crippen MR) is 62.4 cm³/mol. The molecule has 2 atom stereocenters. The van der Waals surface area contributed by atoms with Crippen LogP contribution in [0.3, 0.4) is 0 Å². The summed E-state index contributed by atoms with van der Waals surface area (Å²) < 4.78 is 0. The van der Waals surface area contributed by atoms with Crippen LogP contribution in [0, 0.1) is 10.1 Å². The van der Waals surface area contributed by atoms with Crippen LogP contribution in [0.4, 0.5) is 5.69 Å². The number of benzene rings is 1. The molecule has 17 heavy (non-hydrogen) atoms. The van der Waals surface area contributed by atoms with E-state index in [0.29, 0.717) is 12.0 Å². The van der Waals surface area contributed by atoms with Crippen LogP contribution in [0.15, 0.2) is 24.3 Å². The zero-order valence-electron chi connectivity index (χ0n) is 9.54. The van der Waals surface area contributed by atoms with Gasteiger partial charge in [-0.3, -0.25) is 15.4 Å². The van der Waals surface area contributed by atoms with Crippen LogP contribution in [-0.2, 0) is 0 Å². The van der Waals surface area contributed by atoms with Crippen molar-refractivity contribution >= 4 is 5.69 Å². The number of aliphatic hydroxyl groups excluding tert-OH is 2. The minimum absolute atomic E-state index is 0.0116. The van der Waals surface area contributed by atoms with E-state index in [9.17, 15) is 20.3 Å². The molecule has 6 nitrogen and oxygen atoms in total. The fourth-order valence-corrected chi connectivity index (χ4v) is 1.33. The topological polar surface area (TPSA) is 95.6 Å². The fourth-order valence-electron chi connectivity index (χ4n) is 1.33. The number of hydrogen-bond donors (Lipinski definition) is 3. The number of aliphatic hydroxyl groups is 2. The molecule has 0 saturated carbocycles. The second kappa shape index (κ2) is 6.29. The molecular formula is C11H16N2O4. The van der Waals surface area contributed by atoms with Gasteiger partial charge in [-0.2, -0.15) is 0 Å². The molecule has 3 N–H and O–H groups in total. The summed E-state index contributed by atoms with van der Waals surface area (Å²) in [5.41, 5.74) is 0.564. The summed E-state index contributed by atoms with van der Waals surface area (Å²) in [5.74, 6) is 0. The number of rotatable bonds is 6. The van der Waals surface area contributed by atoms with E-state index in [1.165, 1.54) is 24.3 Å². The molecule has 0 aliphatic rings. The average Bonchev–Trinajstić information content (AvgIpc) is 2.35. The third-order valence-corrected chi connectivity index (χ3v) is 2.42. The molecule has 0 amide bonds. The number of hydrogen-bond acceptors (Lipinski definition) is 5. The van der Waals surface area contributed by atoms with Crippen molar-refractivity contribution in [2.75, 3.05) is 6.54 Å². The van der Waals surface area contributed by atoms with Crippen molar-refractivity contribution in [2.24, 2.45) is 0 Å². The summed E-state index contributed by atoms with van der Waals surface area (Å²) >= 11 is 0. The zero-order chi connectivity index (χ0) is 12.8. The van der Waals surface area contributed by atoms with Crippen molar-refractivity contribution in [3.8, 4) is 0 Å². The van der Waals surface area contributed by atoms with Gasteiger partial charge in [0.2, 0.25) is 0 Å². The van der Waals surface area contributed by atoms with Gasteiger partial charge in [0.05, 0.1) is 11.0 Å². The highest BCUT2D eigenvalue weighted by Crippen LogP contribution is 2.17. The Morgan fingerprint density at radius 1 is 1.35 bits per heavy atom. The van der Waals surface area contributed by atoms with Gasteiger partial charge in [0.1, 0.15) is 6.23 Å². The van der Waals surface area contributed by atoms with Gasteiger partial charge in [-0.15, -0.1) is 0 Å². The van der Waals surface area contributed by atoms with E-state index in [0.717, 1.165) is 0 Å². The first-order valence-electron chi connectivity index (χ1n) is 5.38. The first-order valence-corrected chi connectivity index (χ1v) is 5.38. The SMILES string of the molecule is CCC(O)NCC(O)c1ccc([N+](=O)[O-])cc1. The molecule has 1 aromatic rings. The third-order valence-electron chi connectivity index (χ3n) is 2.42. The molecule has 0 bridgehead atoms. The second-order valence-corrected chi connectivity index (χ2v) is 3.70. The van der Waals surface area contributed by atoms with Crippen LogP contribution in [0.2, 0.25) is 0 Å².